The molecule has 14 heteroatoms. The van der Waals surface area contributed by atoms with Crippen molar-refractivity contribution >= 4 is 72.6 Å². The monoisotopic (exact) mass is 879 g/mol. The highest BCUT2D eigenvalue weighted by Gasteiger charge is 2.40. The summed E-state index contributed by atoms with van der Waals surface area (Å²) >= 11 is 0. The molecule has 14 nitrogen and oxygen atoms in total. The Hall–Kier alpha value is -5.41. The minimum absolute atomic E-state index is 0.0547. The van der Waals surface area contributed by atoms with Gasteiger partial charge in [-0.3, -0.25) is 24.0 Å². The largest absolute Gasteiger partial charge is 0.504 e. The molecule has 0 aromatic heterocycles. The predicted molar refractivity (Wildman–Crippen MR) is 243 cm³/mol. The number of nitrogens with one attached hydrogen (secondary N) is 1. The topological polar surface area (TPSA) is 215 Å². The van der Waals surface area contributed by atoms with Gasteiger partial charge in [-0.2, -0.15) is 0 Å². The zero-order valence-electron chi connectivity index (χ0n) is 36.9. The minimum atomic E-state index is -0.989. The molecule has 0 spiro atoms. The van der Waals surface area contributed by atoms with Gasteiger partial charge < -0.3 is 44.7 Å². The number of ketones is 1. The van der Waals surface area contributed by atoms with Crippen molar-refractivity contribution in [3.63, 3.8) is 0 Å². The second-order valence-corrected chi connectivity index (χ2v) is 17.8. The maximum absolute atomic E-state index is 15.1. The summed E-state index contributed by atoms with van der Waals surface area (Å²) in [5.41, 5.74) is 2.04. The third kappa shape index (κ3) is 7.51. The Labute approximate surface area is 369 Å². The molecule has 5 aromatic carbocycles. The lowest BCUT2D eigenvalue weighted by Crippen LogP contribution is -2.39. The number of carbonyl (C=O) groups is 3. The summed E-state index contributed by atoms with van der Waals surface area (Å²) in [6.45, 7) is 2.33. The van der Waals surface area contributed by atoms with Crippen molar-refractivity contribution in [1.82, 2.24) is 0 Å². The average molecular weight is 880 g/mol. The number of esters is 2. The lowest BCUT2D eigenvalue weighted by atomic mass is 9.73. The van der Waals surface area contributed by atoms with Crippen molar-refractivity contribution in [3.8, 4) is 11.5 Å². The molecule has 0 bridgehead atoms. The number of phenolic OH excluding ortho intramolecular Hbond substituents is 1. The highest BCUT2D eigenvalue weighted by Crippen LogP contribution is 2.57. The predicted octanol–water partition coefficient (Wildman–Crippen LogP) is 6.12. The molecule has 5 unspecified atom stereocenters. The minimum Gasteiger partial charge on any atom is -0.504 e. The number of Topliss-reactive ketones (excluding diaryl/α,β-unsaturated/α-hetero) is 1. The van der Waals surface area contributed by atoms with Crippen molar-refractivity contribution in [1.29, 1.82) is 0 Å². The maximum Gasteiger partial charge on any atom is 0.311 e. The Kier molecular flexibility index (Phi) is 13.1. The third-order valence-corrected chi connectivity index (χ3v) is 14.1. The second-order valence-electron chi connectivity index (χ2n) is 17.8. The highest BCUT2D eigenvalue weighted by molar-refractivity contribution is 6.39. The second kappa shape index (κ2) is 18.6. The summed E-state index contributed by atoms with van der Waals surface area (Å²) in [5, 5.41) is 49.8. The summed E-state index contributed by atoms with van der Waals surface area (Å²) in [4.78, 5) is 71.1. The van der Waals surface area contributed by atoms with Gasteiger partial charge in [-0.05, 0) is 108 Å². The molecule has 0 radical (unpaired) electrons. The molecule has 0 aliphatic heterocycles. The first kappa shape index (κ1) is 45.2. The van der Waals surface area contributed by atoms with E-state index in [1.807, 2.05) is 13.0 Å². The first-order chi connectivity index (χ1) is 30.9. The van der Waals surface area contributed by atoms with E-state index in [1.54, 1.807) is 0 Å². The van der Waals surface area contributed by atoms with Gasteiger partial charge >= 0.3 is 11.9 Å². The van der Waals surface area contributed by atoms with Gasteiger partial charge in [0.1, 0.15) is 12.4 Å². The average Bonchev–Trinajstić information content (AvgIpc) is 3.41. The van der Waals surface area contributed by atoms with E-state index >= 15 is 4.79 Å². The van der Waals surface area contributed by atoms with Crippen LogP contribution < -0.4 is 20.9 Å². The van der Waals surface area contributed by atoms with Gasteiger partial charge in [0.2, 0.25) is 0 Å². The molecule has 64 heavy (non-hydrogen) atoms. The number of aromatic hydroxyl groups is 1. The fourth-order valence-electron chi connectivity index (χ4n) is 11.4. The molecule has 0 amide bonds. The lowest BCUT2D eigenvalue weighted by molar-refractivity contribution is -0.153. The fourth-order valence-corrected chi connectivity index (χ4v) is 11.4. The number of fused-ring (bicyclic) bond motifs is 1. The number of rotatable bonds is 16. The maximum atomic E-state index is 15.1. The van der Waals surface area contributed by atoms with Gasteiger partial charge in [-0.15, -0.1) is 0 Å². The molecule has 3 aliphatic rings. The number of carbonyl (C=O) groups excluding carboxylic acids is 3. The van der Waals surface area contributed by atoms with Crippen molar-refractivity contribution in [2.24, 2.45) is 17.8 Å². The van der Waals surface area contributed by atoms with Gasteiger partial charge in [0.05, 0.1) is 67.8 Å². The third-order valence-electron chi connectivity index (χ3n) is 14.1. The molecule has 5 aromatic rings. The summed E-state index contributed by atoms with van der Waals surface area (Å²) < 4.78 is 22.5. The zero-order chi connectivity index (χ0) is 45.6. The molecule has 340 valence electrons. The lowest BCUT2D eigenvalue weighted by Gasteiger charge is -2.35. The molecule has 5 N–H and O–H groups in total. The number of allylic oxidation sites excluding steroid dienone is 1. The number of methoxy groups -OCH3 is 2. The van der Waals surface area contributed by atoms with Crippen molar-refractivity contribution in [2.45, 2.75) is 103 Å². The number of benzene rings is 5. The summed E-state index contributed by atoms with van der Waals surface area (Å²) in [6, 6.07) is 2.11. The molecule has 0 saturated heterocycles. The van der Waals surface area contributed by atoms with Crippen LogP contribution in [0.2, 0.25) is 0 Å². The van der Waals surface area contributed by atoms with E-state index in [0.29, 0.717) is 80.6 Å². The SMILES string of the molecule is COCCOC(=O)C1CCCCC1Cc1c(NC2CCCCC2C(=O)OCCCO)c2c(=O)cc(CO)c3c4c(CO)cc(=O)c5c(O)c(OC)c6c(c(c1C=C(C)C6C(C)=O)c23)c54. The Bertz CT molecular complexity index is 2800. The van der Waals surface area contributed by atoms with Crippen LogP contribution in [0.4, 0.5) is 5.69 Å². The van der Waals surface area contributed by atoms with Crippen LogP contribution in [0.1, 0.15) is 105 Å². The highest BCUT2D eigenvalue weighted by atomic mass is 16.6. The normalized spacial score (nSPS) is 21.1. The van der Waals surface area contributed by atoms with E-state index in [2.05, 4.69) is 5.32 Å². The van der Waals surface area contributed by atoms with E-state index in [4.69, 9.17) is 18.9 Å². The van der Waals surface area contributed by atoms with Gasteiger partial charge in [0.15, 0.2) is 22.4 Å². The quantitative estimate of drug-likeness (QED) is 0.0327. The molecule has 3 aliphatic carbocycles. The number of anilines is 1. The Balaban J connectivity index is 1.56. The van der Waals surface area contributed by atoms with E-state index in [0.717, 1.165) is 25.7 Å². The fraction of sp³-hybridized carbons (Fsp3) is 0.500. The Morgan fingerprint density at radius 2 is 1.34 bits per heavy atom. The van der Waals surface area contributed by atoms with Crippen LogP contribution in [0.3, 0.4) is 0 Å². The van der Waals surface area contributed by atoms with Crippen LogP contribution in [0.5, 0.6) is 11.5 Å². The van der Waals surface area contributed by atoms with Crippen LogP contribution in [-0.2, 0) is 48.2 Å². The molecule has 5 atom stereocenters. The summed E-state index contributed by atoms with van der Waals surface area (Å²) in [7, 11) is 2.89. The molecule has 0 heterocycles. The van der Waals surface area contributed by atoms with E-state index in [1.165, 1.54) is 33.3 Å². The summed E-state index contributed by atoms with van der Waals surface area (Å²) in [6.07, 6.45) is 8.05. The molecule has 2 saturated carbocycles. The Morgan fingerprint density at radius 1 is 0.734 bits per heavy atom. The van der Waals surface area contributed by atoms with Gasteiger partial charge in [-0.1, -0.05) is 37.3 Å². The van der Waals surface area contributed by atoms with Crippen LogP contribution in [0, 0.1) is 17.8 Å². The molecule has 8 rings (SSSR count). The van der Waals surface area contributed by atoms with Crippen molar-refractivity contribution in [2.75, 3.05) is 46.0 Å². The smallest absolute Gasteiger partial charge is 0.311 e. The van der Waals surface area contributed by atoms with Gasteiger partial charge in [0, 0.05) is 42.5 Å². The van der Waals surface area contributed by atoms with Crippen molar-refractivity contribution < 1.29 is 53.8 Å². The number of phenols is 1. The first-order valence-electron chi connectivity index (χ1n) is 22.5. The van der Waals surface area contributed by atoms with Crippen LogP contribution in [-0.4, -0.2) is 84.8 Å². The van der Waals surface area contributed by atoms with Crippen LogP contribution in [0.25, 0.3) is 49.2 Å². The van der Waals surface area contributed by atoms with Crippen LogP contribution in [0.15, 0.2) is 27.3 Å². The van der Waals surface area contributed by atoms with E-state index in [9.17, 15) is 39.6 Å². The van der Waals surface area contributed by atoms with Gasteiger partial charge in [-0.25, -0.2) is 0 Å². The van der Waals surface area contributed by atoms with E-state index < -0.39 is 59.6 Å². The van der Waals surface area contributed by atoms with Crippen molar-refractivity contribution in [3.05, 3.63) is 66.0 Å². The number of aliphatic hydroxyl groups is 3. The van der Waals surface area contributed by atoms with E-state index in [-0.39, 0.29) is 90.0 Å². The first-order valence-corrected chi connectivity index (χ1v) is 22.5. The van der Waals surface area contributed by atoms with Gasteiger partial charge in [0.25, 0.3) is 0 Å². The zero-order valence-corrected chi connectivity index (χ0v) is 36.9. The van der Waals surface area contributed by atoms with Crippen LogP contribution >= 0.6 is 0 Å². The summed E-state index contributed by atoms with van der Waals surface area (Å²) in [5.74, 6) is -3.91. The molecular formula is C50H57NO13. The Morgan fingerprint density at radius 3 is 1.98 bits per heavy atom. The number of hydrogen-bond acceptors (Lipinski definition) is 14. The number of hydrogen-bond donors (Lipinski definition) is 5. The molecule has 2 fully saturated rings. The number of aliphatic hydroxyl groups excluding tert-OH is 3. The molecular weight excluding hydrogens is 823 g/mol. The standard InChI is InChI=1S/C50H57NO13/c1-24-18-31-32(19-26-10-5-6-11-29(26)49(59)64-17-16-61-3)46(51-33-13-8-7-12-30(33)50(60)63-15-9-14-52)40-34(56)20-27(22-53)37-38-28(23-54)21-35(57)41-43(38)44(39(31)42(37)40)45(36(24)25(2)55)48(62-4)47(41)58/h18,20-21,26,29-30,33,36,51-54,58H,5-17,19,22-23H2,1-4H3. The number of ether oxygens (including phenoxy) is 4.